The number of nitrogens with zero attached hydrogens (tertiary/aromatic N) is 1. The minimum absolute atomic E-state index is 0.0921. The summed E-state index contributed by atoms with van der Waals surface area (Å²) in [7, 11) is 0. The van der Waals surface area contributed by atoms with E-state index in [9.17, 15) is 9.90 Å². The summed E-state index contributed by atoms with van der Waals surface area (Å²) < 4.78 is 10.8. The molecule has 2 rings (SSSR count). The number of ether oxygens (including phenoxy) is 1. The summed E-state index contributed by atoms with van der Waals surface area (Å²) in [6.45, 7) is 7.49. The van der Waals surface area contributed by atoms with E-state index >= 15 is 0 Å². The molecule has 0 spiro atoms. The number of hydrogen-bond acceptors (Lipinski definition) is 4. The lowest BCUT2D eigenvalue weighted by Crippen LogP contribution is -2.22. The highest BCUT2D eigenvalue weighted by molar-refractivity contribution is 5.95. The van der Waals surface area contributed by atoms with E-state index in [1.165, 1.54) is 0 Å². The van der Waals surface area contributed by atoms with Crippen LogP contribution in [0.3, 0.4) is 0 Å². The van der Waals surface area contributed by atoms with E-state index in [0.29, 0.717) is 11.3 Å². The maximum Gasteiger partial charge on any atom is 0.341 e. The molecular formula is C15H17NO4. The predicted molar refractivity (Wildman–Crippen MR) is 74.0 cm³/mol. The number of rotatable bonds is 3. The van der Waals surface area contributed by atoms with Gasteiger partial charge in [-0.25, -0.2) is 4.79 Å². The smallest absolute Gasteiger partial charge is 0.341 e. The third-order valence-electron chi connectivity index (χ3n) is 2.62. The van der Waals surface area contributed by atoms with Crippen LogP contribution >= 0.6 is 0 Å². The van der Waals surface area contributed by atoms with Crippen LogP contribution in [0.2, 0.25) is 0 Å². The number of benzene rings is 1. The molecule has 0 saturated carbocycles. The van der Waals surface area contributed by atoms with Gasteiger partial charge in [-0.3, -0.25) is 0 Å². The molecule has 1 N–H and O–H groups in total. The van der Waals surface area contributed by atoms with E-state index in [-0.39, 0.29) is 16.9 Å². The van der Waals surface area contributed by atoms with E-state index in [0.717, 1.165) is 5.75 Å². The molecular weight excluding hydrogens is 258 g/mol. The van der Waals surface area contributed by atoms with E-state index < -0.39 is 5.97 Å². The third-order valence-corrected chi connectivity index (χ3v) is 2.62. The van der Waals surface area contributed by atoms with Crippen molar-refractivity contribution in [3.63, 3.8) is 0 Å². The predicted octanol–water partition coefficient (Wildman–Crippen LogP) is 3.53. The number of carboxylic acid groups (broad SMARTS) is 1. The van der Waals surface area contributed by atoms with Gasteiger partial charge in [0.15, 0.2) is 5.76 Å². The maximum absolute atomic E-state index is 11.2. The van der Waals surface area contributed by atoms with Gasteiger partial charge in [-0.2, -0.15) is 0 Å². The number of carbonyl (C=O) groups is 1. The van der Waals surface area contributed by atoms with Crippen LogP contribution in [0, 0.1) is 6.92 Å². The van der Waals surface area contributed by atoms with Crippen LogP contribution in [0.15, 0.2) is 28.8 Å². The quantitative estimate of drug-likeness (QED) is 0.927. The fourth-order valence-corrected chi connectivity index (χ4v) is 1.85. The lowest BCUT2D eigenvalue weighted by molar-refractivity contribution is 0.0696. The second kappa shape index (κ2) is 5.00. The van der Waals surface area contributed by atoms with Crippen molar-refractivity contribution in [1.29, 1.82) is 0 Å². The van der Waals surface area contributed by atoms with Gasteiger partial charge in [-0.1, -0.05) is 5.16 Å². The van der Waals surface area contributed by atoms with E-state index in [2.05, 4.69) is 5.16 Å². The Labute approximate surface area is 117 Å². The molecule has 106 valence electrons. The lowest BCUT2D eigenvalue weighted by atomic mass is 10.1. The van der Waals surface area contributed by atoms with Crippen LogP contribution in [0.1, 0.15) is 36.8 Å². The summed E-state index contributed by atoms with van der Waals surface area (Å²) in [5.41, 5.74) is 0.831. The van der Waals surface area contributed by atoms with E-state index in [1.54, 1.807) is 31.2 Å². The first-order valence-corrected chi connectivity index (χ1v) is 6.27. The fourth-order valence-electron chi connectivity index (χ4n) is 1.85. The Bertz CT molecular complexity index is 620. The van der Waals surface area contributed by atoms with Crippen molar-refractivity contribution in [3.05, 3.63) is 35.5 Å². The van der Waals surface area contributed by atoms with Gasteiger partial charge in [-0.15, -0.1) is 0 Å². The molecule has 0 unspecified atom stereocenters. The molecule has 5 nitrogen and oxygen atoms in total. The molecule has 0 atom stereocenters. The summed E-state index contributed by atoms with van der Waals surface area (Å²) in [5, 5.41) is 12.9. The van der Waals surface area contributed by atoms with Gasteiger partial charge in [-0.05, 0) is 52.0 Å². The normalized spacial score (nSPS) is 11.4. The molecule has 0 bridgehead atoms. The highest BCUT2D eigenvalue weighted by atomic mass is 16.5. The van der Waals surface area contributed by atoms with Crippen molar-refractivity contribution in [1.82, 2.24) is 5.16 Å². The molecule has 5 heteroatoms. The highest BCUT2D eigenvalue weighted by Crippen LogP contribution is 2.28. The minimum Gasteiger partial charge on any atom is -0.488 e. The Balaban J connectivity index is 2.34. The maximum atomic E-state index is 11.2. The van der Waals surface area contributed by atoms with Gasteiger partial charge in [0, 0.05) is 5.56 Å². The van der Waals surface area contributed by atoms with Gasteiger partial charge >= 0.3 is 5.97 Å². The van der Waals surface area contributed by atoms with Crippen molar-refractivity contribution in [2.45, 2.75) is 33.3 Å². The first kappa shape index (κ1) is 14.1. The molecule has 20 heavy (non-hydrogen) atoms. The van der Waals surface area contributed by atoms with Crippen LogP contribution in [0.25, 0.3) is 11.3 Å². The summed E-state index contributed by atoms with van der Waals surface area (Å²) in [4.78, 5) is 11.2. The van der Waals surface area contributed by atoms with Gasteiger partial charge in [0.25, 0.3) is 0 Å². The zero-order chi connectivity index (χ0) is 14.9. The molecule has 0 aliphatic heterocycles. The molecule has 0 aliphatic carbocycles. The molecule has 0 amide bonds. The molecule has 0 radical (unpaired) electrons. The largest absolute Gasteiger partial charge is 0.488 e. The number of aromatic nitrogens is 1. The Morgan fingerprint density at radius 3 is 2.35 bits per heavy atom. The van der Waals surface area contributed by atoms with Crippen molar-refractivity contribution < 1.29 is 19.2 Å². The van der Waals surface area contributed by atoms with Crippen LogP contribution in [0.4, 0.5) is 0 Å². The van der Waals surface area contributed by atoms with Crippen LogP contribution in [-0.4, -0.2) is 21.8 Å². The van der Waals surface area contributed by atoms with Crippen molar-refractivity contribution >= 4 is 5.97 Å². The first-order chi connectivity index (χ1) is 9.28. The SMILES string of the molecule is Cc1noc(-c2ccc(OC(C)(C)C)cc2)c1C(=O)O. The van der Waals surface area contributed by atoms with Crippen LogP contribution in [-0.2, 0) is 0 Å². The fraction of sp³-hybridized carbons (Fsp3) is 0.333. The zero-order valence-corrected chi connectivity index (χ0v) is 11.9. The molecule has 1 aromatic heterocycles. The molecule has 1 heterocycles. The third kappa shape index (κ3) is 2.99. The number of aryl methyl sites for hydroxylation is 1. The van der Waals surface area contributed by atoms with Crippen LogP contribution < -0.4 is 4.74 Å². The van der Waals surface area contributed by atoms with E-state index in [1.807, 2.05) is 20.8 Å². The second-order valence-corrected chi connectivity index (χ2v) is 5.52. The Morgan fingerprint density at radius 1 is 1.25 bits per heavy atom. The van der Waals surface area contributed by atoms with Gasteiger partial charge < -0.3 is 14.4 Å². The van der Waals surface area contributed by atoms with Crippen LogP contribution in [0.5, 0.6) is 5.75 Å². The molecule has 0 saturated heterocycles. The summed E-state index contributed by atoms with van der Waals surface area (Å²) in [6, 6.07) is 7.08. The average Bonchev–Trinajstić information content (AvgIpc) is 2.70. The lowest BCUT2D eigenvalue weighted by Gasteiger charge is -2.21. The Hall–Kier alpha value is -2.30. The molecule has 0 fully saturated rings. The highest BCUT2D eigenvalue weighted by Gasteiger charge is 2.21. The second-order valence-electron chi connectivity index (χ2n) is 5.52. The van der Waals surface area contributed by atoms with Crippen molar-refractivity contribution in [3.8, 4) is 17.1 Å². The van der Waals surface area contributed by atoms with Crippen molar-refractivity contribution in [2.24, 2.45) is 0 Å². The average molecular weight is 275 g/mol. The summed E-state index contributed by atoms with van der Waals surface area (Å²) in [6.07, 6.45) is 0. The standard InChI is InChI=1S/C15H17NO4/c1-9-12(14(17)18)13(20-16-9)10-5-7-11(8-6-10)19-15(2,3)4/h5-8H,1-4H3,(H,17,18). The molecule has 2 aromatic rings. The van der Waals surface area contributed by atoms with Gasteiger partial charge in [0.1, 0.15) is 16.9 Å². The van der Waals surface area contributed by atoms with Crippen molar-refractivity contribution in [2.75, 3.05) is 0 Å². The van der Waals surface area contributed by atoms with E-state index in [4.69, 9.17) is 9.26 Å². The Morgan fingerprint density at radius 2 is 1.85 bits per heavy atom. The number of hydrogen-bond donors (Lipinski definition) is 1. The zero-order valence-electron chi connectivity index (χ0n) is 11.9. The Kier molecular flexibility index (Phi) is 3.53. The summed E-state index contributed by atoms with van der Waals surface area (Å²) in [5.74, 6) is -0.0690. The van der Waals surface area contributed by atoms with Gasteiger partial charge in [0.2, 0.25) is 0 Å². The first-order valence-electron chi connectivity index (χ1n) is 6.27. The topological polar surface area (TPSA) is 72.6 Å². The monoisotopic (exact) mass is 275 g/mol. The number of aromatic carboxylic acids is 1. The molecule has 1 aromatic carbocycles. The van der Waals surface area contributed by atoms with Gasteiger partial charge in [0.05, 0.1) is 5.69 Å². The summed E-state index contributed by atoms with van der Waals surface area (Å²) >= 11 is 0. The molecule has 0 aliphatic rings. The minimum atomic E-state index is -1.05. The number of carboxylic acids is 1.